The lowest BCUT2D eigenvalue weighted by atomic mass is 9.98. The molecule has 1 aliphatic carbocycles. The van der Waals surface area contributed by atoms with Gasteiger partial charge in [0.25, 0.3) is 0 Å². The fourth-order valence-corrected chi connectivity index (χ4v) is 4.16. The zero-order valence-electron chi connectivity index (χ0n) is 18.3. The number of carbonyl (C=O) groups excluding carboxylic acids is 2. The Hall–Kier alpha value is -1.92. The first-order chi connectivity index (χ1) is 13.7. The van der Waals surface area contributed by atoms with Crippen molar-refractivity contribution in [3.05, 3.63) is 29.8 Å². The molecule has 0 radical (unpaired) electrons. The van der Waals surface area contributed by atoms with Gasteiger partial charge in [0.2, 0.25) is 11.8 Å². The number of benzene rings is 1. The Bertz CT molecular complexity index is 705. The standard InChI is InChI=1S/C23H35N3O3/c1-14(2)21(26-12-15(3)29-16(4)13-26)23(28)24-17(5)18-8-10-20(11-9-18)25-22(27)19-6-7-19/h8-11,14-17,19,21H,6-7,12-13H2,1-5H3,(H,24,28)(H,25,27). The molecule has 29 heavy (non-hydrogen) atoms. The van der Waals surface area contributed by atoms with Gasteiger partial charge in [0.1, 0.15) is 0 Å². The Labute approximate surface area is 174 Å². The SMILES string of the molecule is CC1CN(C(C(=O)NC(C)c2ccc(NC(=O)C3CC3)cc2)C(C)C)CC(C)O1. The third-order valence-corrected chi connectivity index (χ3v) is 5.73. The first-order valence-electron chi connectivity index (χ1n) is 10.8. The Morgan fingerprint density at radius 3 is 2.14 bits per heavy atom. The van der Waals surface area contributed by atoms with Crippen LogP contribution in [0.1, 0.15) is 59.1 Å². The summed E-state index contributed by atoms with van der Waals surface area (Å²) in [5.41, 5.74) is 1.83. The smallest absolute Gasteiger partial charge is 0.238 e. The number of hydrogen-bond donors (Lipinski definition) is 2. The molecule has 2 aliphatic rings. The van der Waals surface area contributed by atoms with Crippen LogP contribution in [0.25, 0.3) is 0 Å². The molecule has 0 bridgehead atoms. The van der Waals surface area contributed by atoms with Crippen LogP contribution in [0.4, 0.5) is 5.69 Å². The summed E-state index contributed by atoms with van der Waals surface area (Å²) in [6, 6.07) is 7.47. The van der Waals surface area contributed by atoms with E-state index >= 15 is 0 Å². The van der Waals surface area contributed by atoms with Crippen molar-refractivity contribution in [2.75, 3.05) is 18.4 Å². The minimum Gasteiger partial charge on any atom is -0.373 e. The summed E-state index contributed by atoms with van der Waals surface area (Å²) in [4.78, 5) is 27.3. The van der Waals surface area contributed by atoms with Gasteiger partial charge in [0.05, 0.1) is 24.3 Å². The number of anilines is 1. The molecule has 4 unspecified atom stereocenters. The third-order valence-electron chi connectivity index (χ3n) is 5.73. The average Bonchev–Trinajstić information content (AvgIpc) is 3.46. The number of ether oxygens (including phenoxy) is 1. The fourth-order valence-electron chi connectivity index (χ4n) is 4.16. The van der Waals surface area contributed by atoms with Gasteiger partial charge in [-0.1, -0.05) is 26.0 Å². The van der Waals surface area contributed by atoms with Crippen LogP contribution in [0.5, 0.6) is 0 Å². The lowest BCUT2D eigenvalue weighted by molar-refractivity contribution is -0.136. The first kappa shape index (κ1) is 21.8. The van der Waals surface area contributed by atoms with Gasteiger partial charge in [-0.3, -0.25) is 14.5 Å². The van der Waals surface area contributed by atoms with Gasteiger partial charge in [-0.05, 0) is 57.2 Å². The second kappa shape index (κ2) is 9.26. The zero-order chi connectivity index (χ0) is 21.1. The molecule has 1 aromatic carbocycles. The Balaban J connectivity index is 1.60. The highest BCUT2D eigenvalue weighted by atomic mass is 16.5. The van der Waals surface area contributed by atoms with Crippen molar-refractivity contribution < 1.29 is 14.3 Å². The van der Waals surface area contributed by atoms with Gasteiger partial charge in [-0.25, -0.2) is 0 Å². The lowest BCUT2D eigenvalue weighted by Crippen LogP contribution is -2.57. The van der Waals surface area contributed by atoms with Crippen LogP contribution in [0.3, 0.4) is 0 Å². The van der Waals surface area contributed by atoms with Crippen molar-refractivity contribution >= 4 is 17.5 Å². The molecule has 2 N–H and O–H groups in total. The third kappa shape index (κ3) is 5.80. The minimum absolute atomic E-state index is 0.0555. The van der Waals surface area contributed by atoms with Crippen molar-refractivity contribution in [3.8, 4) is 0 Å². The lowest BCUT2D eigenvalue weighted by Gasteiger charge is -2.41. The van der Waals surface area contributed by atoms with E-state index in [-0.39, 0.29) is 47.9 Å². The maximum atomic E-state index is 13.1. The summed E-state index contributed by atoms with van der Waals surface area (Å²) in [5, 5.41) is 6.13. The Morgan fingerprint density at radius 1 is 1.03 bits per heavy atom. The van der Waals surface area contributed by atoms with E-state index in [0.29, 0.717) is 0 Å². The van der Waals surface area contributed by atoms with E-state index in [1.165, 1.54) is 0 Å². The molecular weight excluding hydrogens is 366 g/mol. The number of nitrogens with one attached hydrogen (secondary N) is 2. The summed E-state index contributed by atoms with van der Waals surface area (Å²) in [5.74, 6) is 0.555. The molecule has 0 aromatic heterocycles. The molecule has 1 aromatic rings. The van der Waals surface area contributed by atoms with Crippen LogP contribution in [0.15, 0.2) is 24.3 Å². The summed E-state index contributed by atoms with van der Waals surface area (Å²) >= 11 is 0. The number of nitrogens with zero attached hydrogens (tertiary/aromatic N) is 1. The van der Waals surface area contributed by atoms with Crippen LogP contribution in [0.2, 0.25) is 0 Å². The predicted octanol–water partition coefficient (Wildman–Crippen LogP) is 3.35. The molecule has 6 nitrogen and oxygen atoms in total. The molecular formula is C23H35N3O3. The molecule has 6 heteroatoms. The van der Waals surface area contributed by atoms with Crippen LogP contribution in [-0.4, -0.2) is 48.1 Å². The normalized spacial score (nSPS) is 24.8. The van der Waals surface area contributed by atoms with E-state index in [4.69, 9.17) is 4.74 Å². The zero-order valence-corrected chi connectivity index (χ0v) is 18.3. The Kier molecular flexibility index (Phi) is 6.96. The van der Waals surface area contributed by atoms with Crippen molar-refractivity contribution in [1.29, 1.82) is 0 Å². The van der Waals surface area contributed by atoms with E-state index in [0.717, 1.165) is 37.2 Å². The van der Waals surface area contributed by atoms with Crippen LogP contribution >= 0.6 is 0 Å². The highest BCUT2D eigenvalue weighted by Gasteiger charge is 2.34. The number of carbonyl (C=O) groups is 2. The summed E-state index contributed by atoms with van der Waals surface area (Å²) in [6.07, 6.45) is 2.24. The summed E-state index contributed by atoms with van der Waals surface area (Å²) in [7, 11) is 0. The van der Waals surface area contributed by atoms with Crippen LogP contribution < -0.4 is 10.6 Å². The molecule has 2 fully saturated rings. The van der Waals surface area contributed by atoms with Gasteiger partial charge in [-0.15, -0.1) is 0 Å². The number of rotatable bonds is 7. The first-order valence-corrected chi connectivity index (χ1v) is 10.8. The largest absolute Gasteiger partial charge is 0.373 e. The topological polar surface area (TPSA) is 70.7 Å². The molecule has 4 atom stereocenters. The highest BCUT2D eigenvalue weighted by Crippen LogP contribution is 2.30. The van der Waals surface area contributed by atoms with Gasteiger partial charge in [0, 0.05) is 24.7 Å². The van der Waals surface area contributed by atoms with Crippen molar-refractivity contribution in [2.45, 2.75) is 71.8 Å². The van der Waals surface area contributed by atoms with E-state index in [1.807, 2.05) is 31.2 Å². The molecule has 0 spiro atoms. The second-order valence-electron chi connectivity index (χ2n) is 9.02. The molecule has 1 saturated carbocycles. The van der Waals surface area contributed by atoms with Crippen LogP contribution in [0, 0.1) is 11.8 Å². The van der Waals surface area contributed by atoms with E-state index in [1.54, 1.807) is 0 Å². The summed E-state index contributed by atoms with van der Waals surface area (Å²) < 4.78 is 5.83. The maximum absolute atomic E-state index is 13.1. The molecule has 1 saturated heterocycles. The maximum Gasteiger partial charge on any atom is 0.238 e. The van der Waals surface area contributed by atoms with Crippen LogP contribution in [-0.2, 0) is 14.3 Å². The average molecular weight is 402 g/mol. The van der Waals surface area contributed by atoms with Gasteiger partial charge in [-0.2, -0.15) is 0 Å². The summed E-state index contributed by atoms with van der Waals surface area (Å²) in [6.45, 7) is 11.8. The number of morpholine rings is 1. The van der Waals surface area contributed by atoms with Gasteiger partial charge in [0.15, 0.2) is 0 Å². The molecule has 3 rings (SSSR count). The molecule has 1 aliphatic heterocycles. The van der Waals surface area contributed by atoms with Crippen molar-refractivity contribution in [1.82, 2.24) is 10.2 Å². The van der Waals surface area contributed by atoms with E-state index < -0.39 is 0 Å². The minimum atomic E-state index is -0.177. The monoisotopic (exact) mass is 401 g/mol. The molecule has 2 amide bonds. The second-order valence-corrected chi connectivity index (χ2v) is 9.02. The Morgan fingerprint density at radius 2 is 1.62 bits per heavy atom. The van der Waals surface area contributed by atoms with Gasteiger partial charge < -0.3 is 15.4 Å². The van der Waals surface area contributed by atoms with E-state index in [2.05, 4.69) is 43.2 Å². The van der Waals surface area contributed by atoms with Crippen molar-refractivity contribution in [3.63, 3.8) is 0 Å². The predicted molar refractivity (Wildman–Crippen MR) is 115 cm³/mol. The number of amides is 2. The molecule has 1 heterocycles. The van der Waals surface area contributed by atoms with Crippen molar-refractivity contribution in [2.24, 2.45) is 11.8 Å². The fraction of sp³-hybridized carbons (Fsp3) is 0.652. The van der Waals surface area contributed by atoms with Gasteiger partial charge >= 0.3 is 0 Å². The van der Waals surface area contributed by atoms with E-state index in [9.17, 15) is 9.59 Å². The quantitative estimate of drug-likeness (QED) is 0.735. The molecule has 160 valence electrons. The number of hydrogen-bond acceptors (Lipinski definition) is 4. The highest BCUT2D eigenvalue weighted by molar-refractivity contribution is 5.94.